The number of carbonyl (C=O) groups is 2. The molecule has 2 rings (SSSR count). The summed E-state index contributed by atoms with van der Waals surface area (Å²) in [7, 11) is 0. The number of hydrogen-bond acceptors (Lipinski definition) is 3. The molecular formula is C13H23N3O2. The van der Waals surface area contributed by atoms with Crippen molar-refractivity contribution < 1.29 is 9.59 Å². The van der Waals surface area contributed by atoms with Crippen LogP contribution in [0.2, 0.25) is 0 Å². The van der Waals surface area contributed by atoms with Gasteiger partial charge in [-0.25, -0.2) is 0 Å². The zero-order valence-electron chi connectivity index (χ0n) is 10.8. The maximum Gasteiger partial charge on any atom is 0.240 e. The second-order valence-corrected chi connectivity index (χ2v) is 5.56. The Hall–Kier alpha value is -1.10. The van der Waals surface area contributed by atoms with Crippen molar-refractivity contribution in [3.63, 3.8) is 0 Å². The molecule has 1 aliphatic carbocycles. The molecule has 0 bridgehead atoms. The largest absolute Gasteiger partial charge is 0.370 e. The van der Waals surface area contributed by atoms with Crippen molar-refractivity contribution >= 4 is 11.8 Å². The summed E-state index contributed by atoms with van der Waals surface area (Å²) in [6.07, 6.45) is 7.08. The van der Waals surface area contributed by atoms with E-state index in [0.717, 1.165) is 19.4 Å². The van der Waals surface area contributed by atoms with Crippen LogP contribution in [0, 0.1) is 5.92 Å². The van der Waals surface area contributed by atoms with Crippen LogP contribution in [0.4, 0.5) is 0 Å². The Kier molecular flexibility index (Phi) is 4.22. The van der Waals surface area contributed by atoms with Crippen LogP contribution in [0.15, 0.2) is 0 Å². The number of nitrogens with zero attached hydrogens (tertiary/aromatic N) is 1. The molecule has 1 saturated heterocycles. The summed E-state index contributed by atoms with van der Waals surface area (Å²) in [6, 6.07) is -0.413. The van der Waals surface area contributed by atoms with E-state index in [9.17, 15) is 9.59 Å². The first-order valence-electron chi connectivity index (χ1n) is 6.94. The van der Waals surface area contributed by atoms with Crippen molar-refractivity contribution in [1.82, 2.24) is 4.90 Å². The summed E-state index contributed by atoms with van der Waals surface area (Å²) in [5, 5.41) is 0. The standard InChI is InChI=1S/C13H23N3O2/c14-10(8-12(15)17)13(18)16-7-3-6-11(16)9-4-1-2-5-9/h9-11H,1-8,14H2,(H2,15,17). The molecule has 102 valence electrons. The van der Waals surface area contributed by atoms with Crippen molar-refractivity contribution in [2.45, 2.75) is 57.0 Å². The van der Waals surface area contributed by atoms with E-state index in [-0.39, 0.29) is 12.3 Å². The van der Waals surface area contributed by atoms with Gasteiger partial charge in [0.15, 0.2) is 0 Å². The van der Waals surface area contributed by atoms with Crippen LogP contribution in [-0.4, -0.2) is 35.3 Å². The topological polar surface area (TPSA) is 89.4 Å². The smallest absolute Gasteiger partial charge is 0.240 e. The lowest BCUT2D eigenvalue weighted by atomic mass is 9.95. The molecule has 5 heteroatoms. The Morgan fingerprint density at radius 1 is 1.17 bits per heavy atom. The molecule has 2 amide bonds. The van der Waals surface area contributed by atoms with Crippen LogP contribution in [-0.2, 0) is 9.59 Å². The molecule has 0 aromatic heterocycles. The molecule has 0 spiro atoms. The van der Waals surface area contributed by atoms with E-state index in [1.54, 1.807) is 0 Å². The molecule has 4 N–H and O–H groups in total. The average molecular weight is 253 g/mol. The summed E-state index contributed by atoms with van der Waals surface area (Å²) in [5.74, 6) is 0.0351. The highest BCUT2D eigenvalue weighted by Crippen LogP contribution is 2.35. The van der Waals surface area contributed by atoms with Crippen LogP contribution in [0.25, 0.3) is 0 Å². The Labute approximate surface area is 108 Å². The summed E-state index contributed by atoms with van der Waals surface area (Å²) in [5.41, 5.74) is 10.9. The highest BCUT2D eigenvalue weighted by atomic mass is 16.2. The lowest BCUT2D eigenvalue weighted by Gasteiger charge is -2.31. The quantitative estimate of drug-likeness (QED) is 0.758. The molecule has 0 aromatic rings. The van der Waals surface area contributed by atoms with Gasteiger partial charge in [0.25, 0.3) is 0 Å². The predicted octanol–water partition coefficient (Wildman–Crippen LogP) is 0.370. The molecule has 2 aliphatic rings. The summed E-state index contributed by atoms with van der Waals surface area (Å²) < 4.78 is 0. The van der Waals surface area contributed by atoms with E-state index in [2.05, 4.69) is 0 Å². The number of hydrogen-bond donors (Lipinski definition) is 2. The third kappa shape index (κ3) is 2.83. The zero-order valence-corrected chi connectivity index (χ0v) is 10.8. The van der Waals surface area contributed by atoms with E-state index in [0.29, 0.717) is 12.0 Å². The van der Waals surface area contributed by atoms with Crippen LogP contribution in [0.5, 0.6) is 0 Å². The first-order chi connectivity index (χ1) is 8.59. The van der Waals surface area contributed by atoms with Gasteiger partial charge in [-0.05, 0) is 31.6 Å². The van der Waals surface area contributed by atoms with Gasteiger partial charge < -0.3 is 16.4 Å². The fourth-order valence-electron chi connectivity index (χ4n) is 3.42. The highest BCUT2D eigenvalue weighted by Gasteiger charge is 2.37. The van der Waals surface area contributed by atoms with Crippen molar-refractivity contribution in [2.24, 2.45) is 17.4 Å². The van der Waals surface area contributed by atoms with Crippen molar-refractivity contribution in [1.29, 1.82) is 0 Å². The van der Waals surface area contributed by atoms with Gasteiger partial charge in [0.1, 0.15) is 0 Å². The van der Waals surface area contributed by atoms with E-state index in [1.807, 2.05) is 4.90 Å². The first-order valence-corrected chi connectivity index (χ1v) is 6.94. The average Bonchev–Trinajstić information content (AvgIpc) is 2.97. The van der Waals surface area contributed by atoms with E-state index < -0.39 is 11.9 Å². The normalized spacial score (nSPS) is 26.5. The van der Waals surface area contributed by atoms with E-state index in [4.69, 9.17) is 11.5 Å². The van der Waals surface area contributed by atoms with Gasteiger partial charge in [0, 0.05) is 12.6 Å². The summed E-state index contributed by atoms with van der Waals surface area (Å²) >= 11 is 0. The SMILES string of the molecule is NC(=O)CC(N)C(=O)N1CCCC1C1CCCC1. The lowest BCUT2D eigenvalue weighted by molar-refractivity contribution is -0.136. The summed E-state index contributed by atoms with van der Waals surface area (Å²) in [6.45, 7) is 0.784. The van der Waals surface area contributed by atoms with Crippen molar-refractivity contribution in [3.05, 3.63) is 0 Å². The fraction of sp³-hybridized carbons (Fsp3) is 0.846. The first kappa shape index (κ1) is 13.3. The van der Waals surface area contributed by atoms with Gasteiger partial charge >= 0.3 is 0 Å². The number of nitrogens with two attached hydrogens (primary N) is 2. The van der Waals surface area contributed by atoms with Gasteiger partial charge in [0.2, 0.25) is 11.8 Å². The molecule has 2 fully saturated rings. The van der Waals surface area contributed by atoms with Gasteiger partial charge in [0.05, 0.1) is 12.5 Å². The Morgan fingerprint density at radius 3 is 2.44 bits per heavy atom. The van der Waals surface area contributed by atoms with Crippen molar-refractivity contribution in [3.8, 4) is 0 Å². The molecule has 2 atom stereocenters. The molecular weight excluding hydrogens is 230 g/mol. The van der Waals surface area contributed by atoms with Gasteiger partial charge in [-0.3, -0.25) is 9.59 Å². The highest BCUT2D eigenvalue weighted by molar-refractivity contribution is 5.87. The molecule has 5 nitrogen and oxygen atoms in total. The van der Waals surface area contributed by atoms with Crippen LogP contribution in [0.3, 0.4) is 0 Å². The number of likely N-dealkylation sites (tertiary alicyclic amines) is 1. The number of primary amides is 1. The zero-order chi connectivity index (χ0) is 13.1. The van der Waals surface area contributed by atoms with E-state index in [1.165, 1.54) is 25.7 Å². The van der Waals surface area contributed by atoms with Crippen molar-refractivity contribution in [2.75, 3.05) is 6.54 Å². The van der Waals surface area contributed by atoms with Gasteiger partial charge in [-0.2, -0.15) is 0 Å². The fourth-order valence-corrected chi connectivity index (χ4v) is 3.42. The second kappa shape index (κ2) is 5.69. The lowest BCUT2D eigenvalue weighted by Crippen LogP contribution is -2.49. The predicted molar refractivity (Wildman–Crippen MR) is 68.5 cm³/mol. The van der Waals surface area contributed by atoms with Gasteiger partial charge in [-0.1, -0.05) is 12.8 Å². The third-order valence-corrected chi connectivity index (χ3v) is 4.26. The van der Waals surface area contributed by atoms with E-state index >= 15 is 0 Å². The van der Waals surface area contributed by atoms with Gasteiger partial charge in [-0.15, -0.1) is 0 Å². The molecule has 1 aliphatic heterocycles. The molecule has 1 heterocycles. The second-order valence-electron chi connectivity index (χ2n) is 5.56. The number of rotatable bonds is 4. The van der Waals surface area contributed by atoms with Crippen LogP contribution >= 0.6 is 0 Å². The monoisotopic (exact) mass is 253 g/mol. The Balaban J connectivity index is 1.97. The Bertz CT molecular complexity index is 326. The molecule has 2 unspecified atom stereocenters. The molecule has 0 radical (unpaired) electrons. The minimum atomic E-state index is -0.760. The summed E-state index contributed by atoms with van der Waals surface area (Å²) in [4.78, 5) is 25.0. The van der Waals surface area contributed by atoms with Crippen LogP contribution in [0.1, 0.15) is 44.9 Å². The molecule has 18 heavy (non-hydrogen) atoms. The van der Waals surface area contributed by atoms with Crippen LogP contribution < -0.4 is 11.5 Å². The minimum Gasteiger partial charge on any atom is -0.370 e. The molecule has 0 aromatic carbocycles. The third-order valence-electron chi connectivity index (χ3n) is 4.26. The minimum absolute atomic E-state index is 0.0489. The maximum absolute atomic E-state index is 12.2. The number of carbonyl (C=O) groups excluding carboxylic acids is 2. The maximum atomic E-state index is 12.2. The molecule has 1 saturated carbocycles. The number of amides is 2. The Morgan fingerprint density at radius 2 is 1.83 bits per heavy atom.